The number of carbonyl (C=O) groups is 2. The zero-order valence-electron chi connectivity index (χ0n) is 19.4. The van der Waals surface area contributed by atoms with Gasteiger partial charge in [0.05, 0.1) is 12.0 Å². The number of carbonyl (C=O) groups excluding carboxylic acids is 2. The molecule has 33 heavy (non-hydrogen) atoms. The zero-order chi connectivity index (χ0) is 23.6. The minimum absolute atomic E-state index is 0.137. The molecule has 1 fully saturated rings. The summed E-state index contributed by atoms with van der Waals surface area (Å²) in [4.78, 5) is 29.9. The van der Waals surface area contributed by atoms with Gasteiger partial charge in [0.25, 0.3) is 5.91 Å². The number of rotatable bonds is 9. The van der Waals surface area contributed by atoms with Crippen molar-refractivity contribution < 1.29 is 9.59 Å². The Morgan fingerprint density at radius 2 is 1.91 bits per heavy atom. The largest absolute Gasteiger partial charge is 0.381 e. The third-order valence-corrected chi connectivity index (χ3v) is 5.97. The van der Waals surface area contributed by atoms with E-state index < -0.39 is 6.04 Å². The lowest BCUT2D eigenvalue weighted by Crippen LogP contribution is -2.50. The molecule has 3 N–H and O–H groups in total. The van der Waals surface area contributed by atoms with E-state index in [0.717, 1.165) is 30.5 Å². The molecule has 1 aromatic heterocycles. The van der Waals surface area contributed by atoms with Crippen LogP contribution in [0.5, 0.6) is 0 Å². The number of amides is 2. The second-order valence-corrected chi connectivity index (χ2v) is 9.08. The van der Waals surface area contributed by atoms with Crippen LogP contribution in [0.25, 0.3) is 0 Å². The molecule has 1 aliphatic rings. The number of benzene rings is 1. The maximum atomic E-state index is 12.9. The van der Waals surface area contributed by atoms with Crippen LogP contribution in [0.15, 0.2) is 48.8 Å². The molecule has 0 bridgehead atoms. The van der Waals surface area contributed by atoms with E-state index in [1.807, 2.05) is 44.3 Å². The van der Waals surface area contributed by atoms with Gasteiger partial charge in [-0.15, -0.1) is 0 Å². The van der Waals surface area contributed by atoms with Crippen molar-refractivity contribution >= 4 is 17.5 Å². The Morgan fingerprint density at radius 1 is 1.15 bits per heavy atom. The Hall–Kier alpha value is -3.40. The molecule has 7 nitrogen and oxygen atoms in total. The summed E-state index contributed by atoms with van der Waals surface area (Å²) in [5.74, 6) is -0.315. The zero-order valence-corrected chi connectivity index (χ0v) is 19.4. The fraction of sp³-hybridized carbons (Fsp3) is 0.462. The number of nitrogens with zero attached hydrogens (tertiary/aromatic N) is 2. The van der Waals surface area contributed by atoms with Crippen molar-refractivity contribution in [3.63, 3.8) is 0 Å². The predicted octanol–water partition coefficient (Wildman–Crippen LogP) is 4.04. The number of hydrogen-bond acceptors (Lipinski definition) is 5. The van der Waals surface area contributed by atoms with Crippen LogP contribution < -0.4 is 16.0 Å². The van der Waals surface area contributed by atoms with Crippen molar-refractivity contribution in [1.82, 2.24) is 15.6 Å². The normalized spacial score (nSPS) is 18.7. The number of anilines is 1. The van der Waals surface area contributed by atoms with E-state index in [-0.39, 0.29) is 23.8 Å². The molecule has 0 spiro atoms. The molecule has 3 rings (SSSR count). The van der Waals surface area contributed by atoms with Crippen LogP contribution in [0.1, 0.15) is 61.9 Å². The van der Waals surface area contributed by atoms with E-state index in [1.165, 1.54) is 0 Å². The van der Waals surface area contributed by atoms with Gasteiger partial charge in [0.15, 0.2) is 0 Å². The Morgan fingerprint density at radius 3 is 2.58 bits per heavy atom. The molecule has 3 atom stereocenters. The Kier molecular flexibility index (Phi) is 8.82. The molecule has 1 saturated carbocycles. The molecule has 0 aliphatic heterocycles. The minimum atomic E-state index is -0.498. The van der Waals surface area contributed by atoms with Gasteiger partial charge in [-0.25, -0.2) is 0 Å². The van der Waals surface area contributed by atoms with Crippen LogP contribution in [-0.2, 0) is 11.3 Å². The number of aromatic nitrogens is 1. The lowest BCUT2D eigenvalue weighted by molar-refractivity contribution is -0.127. The van der Waals surface area contributed by atoms with Crippen LogP contribution >= 0.6 is 0 Å². The Bertz CT molecular complexity index is 953. The van der Waals surface area contributed by atoms with Crippen molar-refractivity contribution in [3.05, 3.63) is 59.9 Å². The SMILES string of the molecule is CC(C)C[C@@H](C#N)NC(=O)[C@@H]1CCCC[C@@H]1NC(=O)c1ccc(NCc2cccnc2)cc1. The first-order chi connectivity index (χ1) is 16.0. The Balaban J connectivity index is 1.57. The lowest BCUT2D eigenvalue weighted by Gasteiger charge is -2.32. The average Bonchev–Trinajstić information content (AvgIpc) is 2.83. The van der Waals surface area contributed by atoms with Crippen molar-refractivity contribution in [1.29, 1.82) is 5.26 Å². The second-order valence-electron chi connectivity index (χ2n) is 9.08. The van der Waals surface area contributed by atoms with E-state index in [0.29, 0.717) is 30.9 Å². The molecule has 1 heterocycles. The molecule has 2 amide bonds. The van der Waals surface area contributed by atoms with Gasteiger partial charge in [-0.05, 0) is 61.1 Å². The van der Waals surface area contributed by atoms with Crippen LogP contribution in [-0.4, -0.2) is 28.9 Å². The van der Waals surface area contributed by atoms with Crippen molar-refractivity contribution in [3.8, 4) is 6.07 Å². The number of hydrogen-bond donors (Lipinski definition) is 3. The number of nitriles is 1. The summed E-state index contributed by atoms with van der Waals surface area (Å²) < 4.78 is 0. The van der Waals surface area contributed by atoms with E-state index >= 15 is 0 Å². The standard InChI is InChI=1S/C26H33N5O2/c1-18(2)14-22(15-27)30-26(33)23-7-3-4-8-24(23)31-25(32)20-9-11-21(12-10-20)29-17-19-6-5-13-28-16-19/h5-6,9-13,16,18,22-24,29H,3-4,7-8,14,17H2,1-2H3,(H,30,33)(H,31,32)/t22-,23+,24-/m0/s1. The first kappa shape index (κ1) is 24.2. The second kappa shape index (κ2) is 12.0. The monoisotopic (exact) mass is 447 g/mol. The molecular formula is C26H33N5O2. The van der Waals surface area contributed by atoms with Gasteiger partial charge < -0.3 is 16.0 Å². The van der Waals surface area contributed by atoms with Gasteiger partial charge in [0.2, 0.25) is 5.91 Å². The van der Waals surface area contributed by atoms with Gasteiger partial charge in [0, 0.05) is 36.2 Å². The molecule has 1 aliphatic carbocycles. The molecule has 0 saturated heterocycles. The van der Waals surface area contributed by atoms with Gasteiger partial charge in [-0.1, -0.05) is 32.8 Å². The van der Waals surface area contributed by atoms with Crippen LogP contribution in [0, 0.1) is 23.2 Å². The molecule has 1 aromatic carbocycles. The van der Waals surface area contributed by atoms with Gasteiger partial charge in [-0.3, -0.25) is 14.6 Å². The highest BCUT2D eigenvalue weighted by molar-refractivity contribution is 5.95. The topological polar surface area (TPSA) is 107 Å². The van der Waals surface area contributed by atoms with E-state index in [2.05, 4.69) is 27.0 Å². The van der Waals surface area contributed by atoms with Gasteiger partial charge in [0.1, 0.15) is 6.04 Å². The van der Waals surface area contributed by atoms with Crippen molar-refractivity contribution in [2.75, 3.05) is 5.32 Å². The summed E-state index contributed by atoms with van der Waals surface area (Å²) in [5, 5.41) is 18.6. The summed E-state index contributed by atoms with van der Waals surface area (Å²) >= 11 is 0. The predicted molar refractivity (Wildman–Crippen MR) is 128 cm³/mol. The molecular weight excluding hydrogens is 414 g/mol. The lowest BCUT2D eigenvalue weighted by atomic mass is 9.83. The highest BCUT2D eigenvalue weighted by atomic mass is 16.2. The summed E-state index contributed by atoms with van der Waals surface area (Å²) in [6, 6.07) is 12.7. The fourth-order valence-electron chi connectivity index (χ4n) is 4.21. The highest BCUT2D eigenvalue weighted by Gasteiger charge is 2.33. The fourth-order valence-corrected chi connectivity index (χ4v) is 4.21. The summed E-state index contributed by atoms with van der Waals surface area (Å²) in [6.07, 6.45) is 7.57. The summed E-state index contributed by atoms with van der Waals surface area (Å²) in [5.41, 5.74) is 2.55. The molecule has 7 heteroatoms. The van der Waals surface area contributed by atoms with Gasteiger partial charge in [-0.2, -0.15) is 5.26 Å². The summed E-state index contributed by atoms with van der Waals surface area (Å²) in [6.45, 7) is 4.71. The van der Waals surface area contributed by atoms with Gasteiger partial charge >= 0.3 is 0 Å². The third-order valence-electron chi connectivity index (χ3n) is 5.97. The molecule has 0 radical (unpaired) electrons. The Labute approximate surface area is 196 Å². The minimum Gasteiger partial charge on any atom is -0.381 e. The quantitative estimate of drug-likeness (QED) is 0.538. The number of nitrogens with one attached hydrogen (secondary N) is 3. The van der Waals surface area contributed by atoms with Crippen LogP contribution in [0.2, 0.25) is 0 Å². The van der Waals surface area contributed by atoms with E-state index in [4.69, 9.17) is 0 Å². The van der Waals surface area contributed by atoms with E-state index in [1.54, 1.807) is 18.3 Å². The molecule has 2 aromatic rings. The number of pyridine rings is 1. The first-order valence-electron chi connectivity index (χ1n) is 11.7. The van der Waals surface area contributed by atoms with Crippen LogP contribution in [0.4, 0.5) is 5.69 Å². The first-order valence-corrected chi connectivity index (χ1v) is 11.7. The molecule has 174 valence electrons. The molecule has 0 unspecified atom stereocenters. The smallest absolute Gasteiger partial charge is 0.251 e. The van der Waals surface area contributed by atoms with Crippen LogP contribution in [0.3, 0.4) is 0 Å². The maximum absolute atomic E-state index is 12.9. The average molecular weight is 448 g/mol. The van der Waals surface area contributed by atoms with Crippen molar-refractivity contribution in [2.45, 2.75) is 64.6 Å². The maximum Gasteiger partial charge on any atom is 0.251 e. The summed E-state index contributed by atoms with van der Waals surface area (Å²) in [7, 11) is 0. The highest BCUT2D eigenvalue weighted by Crippen LogP contribution is 2.25. The van der Waals surface area contributed by atoms with E-state index in [9.17, 15) is 14.9 Å². The third kappa shape index (κ3) is 7.31. The van der Waals surface area contributed by atoms with Crippen molar-refractivity contribution in [2.24, 2.45) is 11.8 Å².